The fraction of sp³-hybridized carbons (Fsp3) is 0.538. The zero-order chi connectivity index (χ0) is 23.9. The molecule has 12 nitrogen and oxygen atoms in total. The first kappa shape index (κ1) is 29.4. The number of nitrogens with one attached hydrogen (secondary N) is 1. The molecule has 1 aliphatic heterocycles. The van der Waals surface area contributed by atoms with Gasteiger partial charge in [0.25, 0.3) is 0 Å². The first-order valence-electron chi connectivity index (χ1n) is 8.30. The Hall–Kier alpha value is 1.17. The van der Waals surface area contributed by atoms with Crippen molar-refractivity contribution in [1.29, 1.82) is 0 Å². The quantitative estimate of drug-likeness (QED) is 0.109. The first-order chi connectivity index (χ1) is 14.9. The van der Waals surface area contributed by atoms with Gasteiger partial charge in [-0.05, 0) is 0 Å². The molecule has 1 aromatic rings. The van der Waals surface area contributed by atoms with Gasteiger partial charge in [-0.25, -0.2) is 8.62 Å². The van der Waals surface area contributed by atoms with Crippen molar-refractivity contribution in [2.45, 2.75) is 31.5 Å². The van der Waals surface area contributed by atoms with Crippen molar-refractivity contribution in [2.24, 2.45) is 0 Å². The molecule has 0 radical (unpaired) electrons. The van der Waals surface area contributed by atoms with Crippen molar-refractivity contribution in [3.05, 3.63) is 32.6 Å². The Morgan fingerprint density at radius 1 is 1.22 bits per heavy atom. The summed E-state index contributed by atoms with van der Waals surface area (Å²) in [5, 5.41) is 0.540. The first-order valence-corrected chi connectivity index (χ1v) is 16.2. The molecule has 0 amide bonds. The molecule has 0 aromatic carbocycles. The second kappa shape index (κ2) is 14.0. The Morgan fingerprint density at radius 2 is 1.94 bits per heavy atom. The van der Waals surface area contributed by atoms with Crippen LogP contribution < -0.4 is 11.2 Å². The van der Waals surface area contributed by atoms with E-state index in [0.29, 0.717) is 18.2 Å². The molecular weight excluding hydrogens is 756 g/mol. The number of H-pyrrole nitrogens is 1. The molecule has 1 saturated heterocycles. The standard InChI is InChI=1S/C13H16Br3N2O10P3Se/c14-13(15,16)32-5-1-2-8-6-18(12(20)17-11(8)19)10-4-3-9(26-10)7-25-30(23)28-31(24)27-29(21)22/h6,9-10,21-24H,3-5,7H2,(H,17,19,20)/t9?,10-,30?,31?/m1/s1. The van der Waals surface area contributed by atoms with E-state index in [0.717, 1.165) is 0 Å². The molecule has 2 rings (SSSR count). The number of aromatic amines is 1. The molecule has 0 saturated carbocycles. The summed E-state index contributed by atoms with van der Waals surface area (Å²) in [7, 11) is -8.10. The van der Waals surface area contributed by atoms with Gasteiger partial charge >= 0.3 is 190 Å². The van der Waals surface area contributed by atoms with E-state index in [1.165, 1.54) is 10.8 Å². The molecule has 0 aliphatic carbocycles. The van der Waals surface area contributed by atoms with Crippen LogP contribution in [0.4, 0.5) is 0 Å². The van der Waals surface area contributed by atoms with Gasteiger partial charge in [0.05, 0.1) is 0 Å². The predicted octanol–water partition coefficient (Wildman–Crippen LogP) is 2.18. The fourth-order valence-electron chi connectivity index (χ4n) is 2.36. The molecule has 19 heteroatoms. The summed E-state index contributed by atoms with van der Waals surface area (Å²) in [6, 6.07) is 0. The van der Waals surface area contributed by atoms with Crippen molar-refractivity contribution in [1.82, 2.24) is 9.55 Å². The number of alkyl halides is 3. The normalized spacial score (nSPS) is 20.8. The maximum atomic E-state index is 12.2. The minimum atomic E-state index is -2.84. The molecule has 2 heterocycles. The van der Waals surface area contributed by atoms with Crippen molar-refractivity contribution in [2.75, 3.05) is 6.61 Å². The van der Waals surface area contributed by atoms with Crippen molar-refractivity contribution < 1.29 is 37.5 Å². The minimum absolute atomic E-state index is 0.0426. The van der Waals surface area contributed by atoms with Crippen molar-refractivity contribution in [3.8, 4) is 11.8 Å². The summed E-state index contributed by atoms with van der Waals surface area (Å²) in [6.07, 6.45) is 1.10. The number of hydrogen-bond donors (Lipinski definition) is 5. The number of hydrogen-bond acceptors (Lipinski definition) is 10. The Morgan fingerprint density at radius 3 is 2.59 bits per heavy atom. The van der Waals surface area contributed by atoms with Crippen LogP contribution in [-0.2, 0) is 17.9 Å². The predicted molar refractivity (Wildman–Crippen MR) is 129 cm³/mol. The van der Waals surface area contributed by atoms with E-state index in [-0.39, 0.29) is 28.2 Å². The van der Waals surface area contributed by atoms with E-state index in [1.807, 2.05) is 0 Å². The second-order valence-corrected chi connectivity index (χ2v) is 21.5. The van der Waals surface area contributed by atoms with E-state index in [4.69, 9.17) is 19.0 Å². The van der Waals surface area contributed by atoms with E-state index in [1.54, 1.807) is 0 Å². The van der Waals surface area contributed by atoms with Gasteiger partial charge in [0, 0.05) is 0 Å². The Bertz CT molecular complexity index is 937. The van der Waals surface area contributed by atoms with Gasteiger partial charge in [-0.3, -0.25) is 0 Å². The summed E-state index contributed by atoms with van der Waals surface area (Å²) in [5.41, 5.74) is -1.10. The van der Waals surface area contributed by atoms with Gasteiger partial charge in [-0.15, -0.1) is 0 Å². The van der Waals surface area contributed by atoms with Crippen LogP contribution in [0.15, 0.2) is 15.8 Å². The fourth-order valence-corrected chi connectivity index (χ4v) is 6.64. The van der Waals surface area contributed by atoms with Crippen molar-refractivity contribution >= 4 is 88.6 Å². The van der Waals surface area contributed by atoms with Gasteiger partial charge in [-0.2, -0.15) is 0 Å². The molecule has 1 fully saturated rings. The van der Waals surface area contributed by atoms with Crippen LogP contribution in [-0.4, -0.2) is 57.8 Å². The monoisotopic (exact) mass is 770 g/mol. The van der Waals surface area contributed by atoms with E-state index < -0.39 is 49.4 Å². The Balaban J connectivity index is 1.94. The van der Waals surface area contributed by atoms with Gasteiger partial charge in [0.2, 0.25) is 0 Å². The molecule has 0 bridgehead atoms. The van der Waals surface area contributed by atoms with E-state index in [9.17, 15) is 19.4 Å². The van der Waals surface area contributed by atoms with Crippen LogP contribution >= 0.6 is 73.6 Å². The molecule has 5 N–H and O–H groups in total. The number of rotatable bonds is 9. The topological polar surface area (TPSA) is 173 Å². The number of nitrogens with zero attached hydrogens (tertiary/aromatic N) is 1. The Kier molecular flexibility index (Phi) is 12.9. The van der Waals surface area contributed by atoms with Crippen LogP contribution in [0.1, 0.15) is 24.6 Å². The van der Waals surface area contributed by atoms with Crippen LogP contribution in [0, 0.1) is 11.8 Å². The van der Waals surface area contributed by atoms with E-state index >= 15 is 0 Å². The zero-order valence-electron chi connectivity index (χ0n) is 15.6. The Labute approximate surface area is 216 Å². The third kappa shape index (κ3) is 10.8. The molecule has 0 spiro atoms. The van der Waals surface area contributed by atoms with Gasteiger partial charge < -0.3 is 19.6 Å². The molecule has 32 heavy (non-hydrogen) atoms. The molecule has 3 unspecified atom stereocenters. The van der Waals surface area contributed by atoms with Crippen LogP contribution in [0.2, 0.25) is 5.32 Å². The van der Waals surface area contributed by atoms with Gasteiger partial charge in [0.15, 0.2) is 0 Å². The third-order valence-electron chi connectivity index (χ3n) is 3.55. The summed E-state index contributed by atoms with van der Waals surface area (Å²) < 4.78 is 20.4. The molecule has 4 atom stereocenters. The summed E-state index contributed by atoms with van der Waals surface area (Å²) in [6.45, 7) is -0.116. The second-order valence-electron chi connectivity index (χ2n) is 5.72. The summed E-state index contributed by atoms with van der Waals surface area (Å²) in [4.78, 5) is 62.5. The van der Waals surface area contributed by atoms with Crippen LogP contribution in [0.25, 0.3) is 0 Å². The molecule has 180 valence electrons. The van der Waals surface area contributed by atoms with Gasteiger partial charge in [0.1, 0.15) is 0 Å². The van der Waals surface area contributed by atoms with Crippen LogP contribution in [0.3, 0.4) is 0 Å². The molecule has 1 aliphatic rings. The average Bonchev–Trinajstić information content (AvgIpc) is 3.12. The average molecular weight is 772 g/mol. The maximum absolute atomic E-state index is 12.2. The molecule has 1 aromatic heterocycles. The van der Waals surface area contributed by atoms with Gasteiger partial charge in [-0.1, -0.05) is 0 Å². The van der Waals surface area contributed by atoms with E-state index in [2.05, 4.69) is 73.2 Å². The number of ether oxygens (including phenoxy) is 1. The zero-order valence-corrected chi connectivity index (χ0v) is 24.8. The van der Waals surface area contributed by atoms with Crippen LogP contribution in [0.5, 0.6) is 0 Å². The number of aromatic nitrogens is 2. The SMILES string of the molecule is O=c1[nH]c(=O)n([C@H]2CCC(COP(O)OP(O)OP(O)O)O2)cc1C#CC[Se]C(Br)(Br)Br. The molecular formula is C13H16Br3N2O10P3Se. The van der Waals surface area contributed by atoms with Crippen molar-refractivity contribution in [3.63, 3.8) is 0 Å². The summed E-state index contributed by atoms with van der Waals surface area (Å²) in [5.74, 6) is 5.66. The third-order valence-corrected chi connectivity index (χ3v) is 11.0. The summed E-state index contributed by atoms with van der Waals surface area (Å²) >= 11 is 10.2. The number of halogens is 3.